The molecule has 5 nitrogen and oxygen atoms in total. The number of amides is 1. The van der Waals surface area contributed by atoms with Crippen LogP contribution in [0.25, 0.3) is 0 Å². The molecule has 2 unspecified atom stereocenters. The molecule has 28 heavy (non-hydrogen) atoms. The van der Waals surface area contributed by atoms with Crippen LogP contribution in [0.1, 0.15) is 27.8 Å². The van der Waals surface area contributed by atoms with Gasteiger partial charge in [0.1, 0.15) is 11.5 Å². The zero-order valence-electron chi connectivity index (χ0n) is 15.4. The predicted octanol–water partition coefficient (Wildman–Crippen LogP) is 3.10. The molecule has 142 valence electrons. The Kier molecular flexibility index (Phi) is 4.20. The van der Waals surface area contributed by atoms with Crippen LogP contribution in [0.2, 0.25) is 0 Å². The lowest BCUT2D eigenvalue weighted by Crippen LogP contribution is -2.49. The summed E-state index contributed by atoms with van der Waals surface area (Å²) in [6, 6.07) is 16.7. The van der Waals surface area contributed by atoms with Crippen molar-refractivity contribution in [2.45, 2.75) is 25.2 Å². The van der Waals surface area contributed by atoms with E-state index in [4.69, 9.17) is 0 Å². The van der Waals surface area contributed by atoms with Gasteiger partial charge in [0.15, 0.2) is 0 Å². The highest BCUT2D eigenvalue weighted by molar-refractivity contribution is 5.94. The number of carbonyl (C=O) groups excluding carboxylic acids is 1. The number of halogens is 1. The molecule has 3 aromatic rings. The van der Waals surface area contributed by atoms with Gasteiger partial charge in [0.25, 0.3) is 5.91 Å². The normalized spacial score (nSPS) is 21.6. The molecule has 1 saturated heterocycles. The standard InChI is InChI=1S/C22H21FN4O/c23-18-8-2-1-6-16(18)12-25-14-20-21(15-25)27(13-17-7-3-4-10-24-17)22(28)19-9-5-11-26(19)20/h1-11,20-21H,12-15H2. The summed E-state index contributed by atoms with van der Waals surface area (Å²) < 4.78 is 16.2. The second kappa shape index (κ2) is 6.87. The molecule has 2 aliphatic rings. The maximum absolute atomic E-state index is 14.1. The van der Waals surface area contributed by atoms with E-state index in [1.165, 1.54) is 6.07 Å². The van der Waals surface area contributed by atoms with Gasteiger partial charge in [0.05, 0.1) is 24.3 Å². The number of nitrogens with zero attached hydrogens (tertiary/aromatic N) is 4. The zero-order valence-corrected chi connectivity index (χ0v) is 15.4. The molecule has 0 aliphatic carbocycles. The SMILES string of the molecule is O=C1c2cccn2C2CN(Cc3ccccc3F)CC2N1Cc1ccccn1. The van der Waals surface area contributed by atoms with Gasteiger partial charge < -0.3 is 9.47 Å². The molecule has 0 bridgehead atoms. The lowest BCUT2D eigenvalue weighted by molar-refractivity contribution is 0.0553. The maximum Gasteiger partial charge on any atom is 0.271 e. The Morgan fingerprint density at radius 3 is 2.61 bits per heavy atom. The second-order valence-electron chi connectivity index (χ2n) is 7.48. The smallest absolute Gasteiger partial charge is 0.271 e. The van der Waals surface area contributed by atoms with Crippen molar-refractivity contribution in [3.63, 3.8) is 0 Å². The molecule has 2 atom stereocenters. The molecule has 1 aromatic carbocycles. The van der Waals surface area contributed by atoms with E-state index in [2.05, 4.69) is 14.5 Å². The van der Waals surface area contributed by atoms with Gasteiger partial charge >= 0.3 is 0 Å². The van der Waals surface area contributed by atoms with Gasteiger partial charge in [-0.25, -0.2) is 4.39 Å². The zero-order chi connectivity index (χ0) is 19.1. The molecular formula is C22H21FN4O. The van der Waals surface area contributed by atoms with Crippen molar-refractivity contribution >= 4 is 5.91 Å². The maximum atomic E-state index is 14.1. The van der Waals surface area contributed by atoms with Crippen LogP contribution in [-0.2, 0) is 13.1 Å². The fourth-order valence-electron chi connectivity index (χ4n) is 4.44. The van der Waals surface area contributed by atoms with Crippen LogP contribution in [0.15, 0.2) is 67.0 Å². The summed E-state index contributed by atoms with van der Waals surface area (Å²) in [6.07, 6.45) is 3.73. The third-order valence-corrected chi connectivity index (χ3v) is 5.76. The number of rotatable bonds is 4. The van der Waals surface area contributed by atoms with Gasteiger partial charge in [-0.1, -0.05) is 24.3 Å². The monoisotopic (exact) mass is 376 g/mol. The first kappa shape index (κ1) is 17.1. The van der Waals surface area contributed by atoms with Crippen LogP contribution in [0.5, 0.6) is 0 Å². The number of aromatic nitrogens is 2. The van der Waals surface area contributed by atoms with Gasteiger partial charge in [-0.3, -0.25) is 14.7 Å². The Labute approximate surface area is 163 Å². The topological polar surface area (TPSA) is 41.4 Å². The molecule has 5 rings (SSSR count). The van der Waals surface area contributed by atoms with Gasteiger partial charge in [-0.2, -0.15) is 0 Å². The molecule has 0 radical (unpaired) electrons. The number of likely N-dealkylation sites (tertiary alicyclic amines) is 1. The van der Waals surface area contributed by atoms with Crippen LogP contribution in [0, 0.1) is 5.82 Å². The number of hydrogen-bond donors (Lipinski definition) is 0. The summed E-state index contributed by atoms with van der Waals surface area (Å²) in [5.41, 5.74) is 2.28. The Morgan fingerprint density at radius 1 is 0.964 bits per heavy atom. The number of benzene rings is 1. The Balaban J connectivity index is 1.44. The van der Waals surface area contributed by atoms with E-state index in [1.807, 2.05) is 53.6 Å². The minimum absolute atomic E-state index is 0.0321. The number of hydrogen-bond acceptors (Lipinski definition) is 3. The van der Waals surface area contributed by atoms with Crippen molar-refractivity contribution in [2.75, 3.05) is 13.1 Å². The van der Waals surface area contributed by atoms with E-state index in [1.54, 1.807) is 12.3 Å². The van der Waals surface area contributed by atoms with Crippen LogP contribution in [0.3, 0.4) is 0 Å². The highest BCUT2D eigenvalue weighted by Crippen LogP contribution is 2.35. The molecule has 0 N–H and O–H groups in total. The summed E-state index contributed by atoms with van der Waals surface area (Å²) in [7, 11) is 0. The van der Waals surface area contributed by atoms with E-state index < -0.39 is 0 Å². The van der Waals surface area contributed by atoms with Gasteiger partial charge in [0, 0.05) is 37.6 Å². The number of carbonyl (C=O) groups is 1. The molecule has 1 fully saturated rings. The van der Waals surface area contributed by atoms with Crippen molar-refractivity contribution in [1.29, 1.82) is 0 Å². The van der Waals surface area contributed by atoms with E-state index in [0.29, 0.717) is 24.3 Å². The summed E-state index contributed by atoms with van der Waals surface area (Å²) in [6.45, 7) is 2.53. The molecule has 2 aliphatic heterocycles. The van der Waals surface area contributed by atoms with Gasteiger partial charge in [0.2, 0.25) is 0 Å². The van der Waals surface area contributed by atoms with Crippen molar-refractivity contribution in [3.8, 4) is 0 Å². The van der Waals surface area contributed by atoms with Crippen LogP contribution in [0.4, 0.5) is 4.39 Å². The van der Waals surface area contributed by atoms with Crippen LogP contribution in [-0.4, -0.2) is 44.4 Å². The molecule has 2 aromatic heterocycles. The fraction of sp³-hybridized carbons (Fsp3) is 0.273. The van der Waals surface area contributed by atoms with Crippen molar-refractivity contribution in [3.05, 3.63) is 89.8 Å². The lowest BCUT2D eigenvalue weighted by atomic mass is 10.1. The largest absolute Gasteiger partial charge is 0.337 e. The van der Waals surface area contributed by atoms with E-state index in [9.17, 15) is 9.18 Å². The van der Waals surface area contributed by atoms with E-state index >= 15 is 0 Å². The van der Waals surface area contributed by atoms with E-state index in [-0.39, 0.29) is 23.8 Å². The summed E-state index contributed by atoms with van der Waals surface area (Å²) >= 11 is 0. The average Bonchev–Trinajstić information content (AvgIpc) is 3.35. The first-order chi connectivity index (χ1) is 13.7. The first-order valence-electron chi connectivity index (χ1n) is 9.54. The predicted molar refractivity (Wildman–Crippen MR) is 103 cm³/mol. The average molecular weight is 376 g/mol. The van der Waals surface area contributed by atoms with Crippen LogP contribution < -0.4 is 0 Å². The third kappa shape index (κ3) is 2.90. The third-order valence-electron chi connectivity index (χ3n) is 5.76. The highest BCUT2D eigenvalue weighted by atomic mass is 19.1. The molecule has 6 heteroatoms. The van der Waals surface area contributed by atoms with Crippen molar-refractivity contribution < 1.29 is 9.18 Å². The van der Waals surface area contributed by atoms with Gasteiger partial charge in [-0.05, 0) is 30.3 Å². The molecule has 0 spiro atoms. The summed E-state index contributed by atoms with van der Waals surface area (Å²) in [4.78, 5) is 21.7. The van der Waals surface area contributed by atoms with Crippen LogP contribution >= 0.6 is 0 Å². The summed E-state index contributed by atoms with van der Waals surface area (Å²) in [5, 5.41) is 0. The Morgan fingerprint density at radius 2 is 1.79 bits per heavy atom. The molecule has 4 heterocycles. The Bertz CT molecular complexity index is 1000. The lowest BCUT2D eigenvalue weighted by Gasteiger charge is -2.38. The molecular weight excluding hydrogens is 355 g/mol. The minimum atomic E-state index is -0.180. The number of pyridine rings is 1. The van der Waals surface area contributed by atoms with Crippen molar-refractivity contribution in [1.82, 2.24) is 19.4 Å². The first-order valence-corrected chi connectivity index (χ1v) is 9.54. The Hall–Kier alpha value is -2.99. The quantitative estimate of drug-likeness (QED) is 0.703. The van der Waals surface area contributed by atoms with Crippen molar-refractivity contribution in [2.24, 2.45) is 0 Å². The van der Waals surface area contributed by atoms with E-state index in [0.717, 1.165) is 18.8 Å². The molecule has 0 saturated carbocycles. The van der Waals surface area contributed by atoms with Gasteiger partial charge in [-0.15, -0.1) is 0 Å². The fourth-order valence-corrected chi connectivity index (χ4v) is 4.44. The highest BCUT2D eigenvalue weighted by Gasteiger charge is 2.45. The summed E-state index contributed by atoms with van der Waals surface area (Å²) in [5.74, 6) is -0.148. The second-order valence-corrected chi connectivity index (χ2v) is 7.48. The minimum Gasteiger partial charge on any atom is -0.337 e. The number of fused-ring (bicyclic) bond motifs is 3. The molecule has 1 amide bonds.